The van der Waals surface area contributed by atoms with Crippen LogP contribution in [0.15, 0.2) is 29.2 Å². The topological polar surface area (TPSA) is 26.8 Å². The predicted molar refractivity (Wildman–Crippen MR) is 118 cm³/mol. The lowest BCUT2D eigenvalue weighted by Crippen LogP contribution is -2.53. The zero-order valence-corrected chi connectivity index (χ0v) is 18.1. The smallest absolute Gasteiger partial charge is 0.237 e. The molecule has 4 nitrogen and oxygen atoms in total. The monoisotopic (exact) mass is 401 g/mol. The molecule has 2 fully saturated rings. The number of para-hydroxylation sites is 1. The number of amides is 1. The van der Waals surface area contributed by atoms with Gasteiger partial charge in [-0.05, 0) is 44.7 Å². The highest BCUT2D eigenvalue weighted by Crippen LogP contribution is 2.35. The Balaban J connectivity index is 1.22. The number of fused-ring (bicyclic) bond motifs is 1. The molecule has 3 aliphatic rings. The molecule has 2 aliphatic heterocycles. The Morgan fingerprint density at radius 3 is 2.61 bits per heavy atom. The van der Waals surface area contributed by atoms with E-state index in [1.54, 1.807) is 11.8 Å². The van der Waals surface area contributed by atoms with E-state index >= 15 is 0 Å². The zero-order valence-electron chi connectivity index (χ0n) is 17.3. The Morgan fingerprint density at radius 2 is 1.82 bits per heavy atom. The Labute approximate surface area is 174 Å². The first kappa shape index (κ1) is 20.2. The number of thioether (sulfide) groups is 1. The van der Waals surface area contributed by atoms with E-state index in [1.165, 1.54) is 69.6 Å². The maximum Gasteiger partial charge on any atom is 0.237 e. The first-order valence-corrected chi connectivity index (χ1v) is 12.2. The van der Waals surface area contributed by atoms with Gasteiger partial charge in [0.2, 0.25) is 5.91 Å². The van der Waals surface area contributed by atoms with E-state index in [0.717, 1.165) is 24.7 Å². The minimum Gasteiger partial charge on any atom is -0.311 e. The van der Waals surface area contributed by atoms with Gasteiger partial charge in [-0.25, -0.2) is 0 Å². The summed E-state index contributed by atoms with van der Waals surface area (Å²) in [7, 11) is 0. The predicted octanol–water partition coefficient (Wildman–Crippen LogP) is 4.24. The number of anilines is 1. The second-order valence-corrected chi connectivity index (χ2v) is 9.67. The molecule has 154 valence electrons. The van der Waals surface area contributed by atoms with Crippen LogP contribution in [0, 0.1) is 0 Å². The molecule has 1 aromatic rings. The summed E-state index contributed by atoms with van der Waals surface area (Å²) in [4.78, 5) is 21.1. The second-order valence-electron chi connectivity index (χ2n) is 8.66. The van der Waals surface area contributed by atoms with Crippen molar-refractivity contribution in [3.8, 4) is 0 Å². The quantitative estimate of drug-likeness (QED) is 0.712. The SMILES string of the molecule is CC(CCCN1C(=O)CSc2ccccc21)N1CCN(C2CCCCC2)CC1. The van der Waals surface area contributed by atoms with Crippen LogP contribution in [-0.2, 0) is 4.79 Å². The van der Waals surface area contributed by atoms with Gasteiger partial charge in [-0.2, -0.15) is 0 Å². The molecule has 28 heavy (non-hydrogen) atoms. The van der Waals surface area contributed by atoms with Gasteiger partial charge in [0, 0.05) is 49.7 Å². The highest BCUT2D eigenvalue weighted by Gasteiger charge is 2.27. The van der Waals surface area contributed by atoms with E-state index < -0.39 is 0 Å². The highest BCUT2D eigenvalue weighted by atomic mass is 32.2. The fourth-order valence-corrected chi connectivity index (χ4v) is 6.05. The molecule has 0 aromatic heterocycles. The molecule has 1 saturated carbocycles. The molecule has 1 amide bonds. The van der Waals surface area contributed by atoms with E-state index in [0.29, 0.717) is 11.8 Å². The second kappa shape index (κ2) is 9.64. The number of nitrogens with zero attached hydrogens (tertiary/aromatic N) is 3. The van der Waals surface area contributed by atoms with E-state index in [-0.39, 0.29) is 5.91 Å². The lowest BCUT2D eigenvalue weighted by molar-refractivity contribution is -0.116. The molecule has 4 rings (SSSR count). The third-order valence-corrected chi connectivity index (χ3v) is 7.92. The van der Waals surface area contributed by atoms with E-state index in [4.69, 9.17) is 0 Å². The minimum atomic E-state index is 0.262. The fraction of sp³-hybridized carbons (Fsp3) is 0.696. The summed E-state index contributed by atoms with van der Waals surface area (Å²) < 4.78 is 0. The van der Waals surface area contributed by atoms with Gasteiger partial charge < -0.3 is 4.90 Å². The van der Waals surface area contributed by atoms with E-state index in [2.05, 4.69) is 34.9 Å². The molecule has 0 N–H and O–H groups in total. The van der Waals surface area contributed by atoms with Gasteiger partial charge in [0.05, 0.1) is 11.4 Å². The van der Waals surface area contributed by atoms with Crippen LogP contribution in [0.4, 0.5) is 5.69 Å². The summed E-state index contributed by atoms with van der Waals surface area (Å²) in [5.41, 5.74) is 1.11. The average molecular weight is 402 g/mol. The summed E-state index contributed by atoms with van der Waals surface area (Å²) in [6.45, 7) is 8.12. The first-order chi connectivity index (χ1) is 13.7. The Bertz CT molecular complexity index is 653. The van der Waals surface area contributed by atoms with Gasteiger partial charge in [0.15, 0.2) is 0 Å². The molecule has 0 bridgehead atoms. The van der Waals surface area contributed by atoms with Crippen LogP contribution in [-0.4, -0.2) is 66.3 Å². The number of piperazine rings is 1. The highest BCUT2D eigenvalue weighted by molar-refractivity contribution is 8.00. The van der Waals surface area contributed by atoms with Gasteiger partial charge >= 0.3 is 0 Å². The van der Waals surface area contributed by atoms with Crippen molar-refractivity contribution in [1.82, 2.24) is 9.80 Å². The lowest BCUT2D eigenvalue weighted by Gasteiger charge is -2.42. The maximum absolute atomic E-state index is 12.4. The molecule has 2 heterocycles. The van der Waals surface area contributed by atoms with Gasteiger partial charge in [-0.15, -0.1) is 11.8 Å². The summed E-state index contributed by atoms with van der Waals surface area (Å²) in [6.07, 6.45) is 9.38. The molecule has 0 radical (unpaired) electrons. The summed E-state index contributed by atoms with van der Waals surface area (Å²) in [6, 6.07) is 9.79. The van der Waals surface area contributed by atoms with Gasteiger partial charge in [0.25, 0.3) is 0 Å². The van der Waals surface area contributed by atoms with Crippen LogP contribution in [0.25, 0.3) is 0 Å². The van der Waals surface area contributed by atoms with E-state index in [9.17, 15) is 4.79 Å². The average Bonchev–Trinajstić information content (AvgIpc) is 2.76. The van der Waals surface area contributed by atoms with Crippen molar-refractivity contribution in [3.05, 3.63) is 24.3 Å². The van der Waals surface area contributed by atoms with Crippen molar-refractivity contribution in [1.29, 1.82) is 0 Å². The third kappa shape index (κ3) is 4.74. The molecule has 1 saturated heterocycles. The molecular weight excluding hydrogens is 366 g/mol. The largest absolute Gasteiger partial charge is 0.311 e. The summed E-state index contributed by atoms with van der Waals surface area (Å²) in [5, 5.41) is 0. The first-order valence-electron chi connectivity index (χ1n) is 11.2. The molecule has 5 heteroatoms. The Morgan fingerprint density at radius 1 is 1.07 bits per heavy atom. The van der Waals surface area contributed by atoms with Gasteiger partial charge in [-0.3, -0.25) is 14.6 Å². The van der Waals surface area contributed by atoms with Crippen LogP contribution in [0.3, 0.4) is 0 Å². The van der Waals surface area contributed by atoms with Crippen LogP contribution < -0.4 is 4.90 Å². The van der Waals surface area contributed by atoms with Crippen molar-refractivity contribution in [3.63, 3.8) is 0 Å². The zero-order chi connectivity index (χ0) is 19.3. The number of rotatable bonds is 6. The number of carbonyl (C=O) groups is 1. The van der Waals surface area contributed by atoms with Crippen molar-refractivity contribution >= 4 is 23.4 Å². The minimum absolute atomic E-state index is 0.262. The third-order valence-electron chi connectivity index (χ3n) is 6.88. The van der Waals surface area contributed by atoms with Crippen molar-refractivity contribution in [2.75, 3.05) is 43.4 Å². The standard InChI is InChI=1S/C23H35N3OS/c1-19(24-14-16-25(17-15-24)20-9-3-2-4-10-20)8-7-13-26-21-11-5-6-12-22(21)28-18-23(26)27/h5-6,11-12,19-20H,2-4,7-10,13-18H2,1H3. The van der Waals surface area contributed by atoms with Crippen molar-refractivity contribution < 1.29 is 4.79 Å². The van der Waals surface area contributed by atoms with Crippen LogP contribution in [0.5, 0.6) is 0 Å². The van der Waals surface area contributed by atoms with Crippen molar-refractivity contribution in [2.45, 2.75) is 68.8 Å². The number of hydrogen-bond acceptors (Lipinski definition) is 4. The number of hydrogen-bond donors (Lipinski definition) is 0. The molecule has 1 aliphatic carbocycles. The van der Waals surface area contributed by atoms with Crippen LogP contribution >= 0.6 is 11.8 Å². The summed E-state index contributed by atoms with van der Waals surface area (Å²) in [5.74, 6) is 0.841. The van der Waals surface area contributed by atoms with Crippen LogP contribution in [0.2, 0.25) is 0 Å². The van der Waals surface area contributed by atoms with Crippen LogP contribution in [0.1, 0.15) is 51.9 Å². The normalized spacial score (nSPS) is 23.6. The van der Waals surface area contributed by atoms with Crippen molar-refractivity contribution in [2.24, 2.45) is 0 Å². The maximum atomic E-state index is 12.4. The number of carbonyl (C=O) groups excluding carboxylic acids is 1. The molecule has 1 unspecified atom stereocenters. The molecule has 1 atom stereocenters. The molecule has 1 aromatic carbocycles. The molecular formula is C23H35N3OS. The fourth-order valence-electron chi connectivity index (χ4n) is 5.12. The lowest BCUT2D eigenvalue weighted by atomic mass is 9.93. The van der Waals surface area contributed by atoms with Gasteiger partial charge in [-0.1, -0.05) is 31.4 Å². The molecule has 0 spiro atoms. The Kier molecular flexibility index (Phi) is 6.97. The van der Waals surface area contributed by atoms with E-state index in [1.807, 2.05) is 11.0 Å². The number of benzene rings is 1. The van der Waals surface area contributed by atoms with Gasteiger partial charge in [0.1, 0.15) is 0 Å². The summed E-state index contributed by atoms with van der Waals surface area (Å²) >= 11 is 1.67. The Hall–Kier alpha value is -1.04.